The molecule has 0 radical (unpaired) electrons. The van der Waals surface area contributed by atoms with Crippen molar-refractivity contribution in [2.45, 2.75) is 58.0 Å². The van der Waals surface area contributed by atoms with Crippen molar-refractivity contribution in [3.05, 3.63) is 0 Å². The fraction of sp³-hybridized carbons (Fsp3) is 0.882. The SMILES string of the molecule is CC1CCC(N2CC(C(=O)N3CCNCC3C)CC2=O)CC1.Cl. The van der Waals surface area contributed by atoms with Gasteiger partial charge in [-0.25, -0.2) is 0 Å². The molecule has 3 aliphatic rings. The molecule has 0 bridgehead atoms. The summed E-state index contributed by atoms with van der Waals surface area (Å²) in [6, 6.07) is 0.614. The highest BCUT2D eigenvalue weighted by atomic mass is 35.5. The third kappa shape index (κ3) is 4.00. The Morgan fingerprint density at radius 3 is 2.52 bits per heavy atom. The average molecular weight is 344 g/mol. The second-order valence-corrected chi connectivity index (χ2v) is 7.45. The number of nitrogens with zero attached hydrogens (tertiary/aromatic N) is 2. The van der Waals surface area contributed by atoms with Crippen LogP contribution < -0.4 is 5.32 Å². The van der Waals surface area contributed by atoms with Gasteiger partial charge in [-0.05, 0) is 38.5 Å². The van der Waals surface area contributed by atoms with Crippen molar-refractivity contribution in [2.24, 2.45) is 11.8 Å². The third-order valence-corrected chi connectivity index (χ3v) is 5.72. The van der Waals surface area contributed by atoms with Gasteiger partial charge in [-0.2, -0.15) is 0 Å². The van der Waals surface area contributed by atoms with Crippen LogP contribution in [0.5, 0.6) is 0 Å². The minimum absolute atomic E-state index is 0. The molecule has 0 aromatic heterocycles. The van der Waals surface area contributed by atoms with Gasteiger partial charge in [0.15, 0.2) is 0 Å². The van der Waals surface area contributed by atoms with E-state index in [4.69, 9.17) is 0 Å². The fourth-order valence-electron chi connectivity index (χ4n) is 4.21. The second-order valence-electron chi connectivity index (χ2n) is 7.45. The molecule has 0 aromatic rings. The van der Waals surface area contributed by atoms with Gasteiger partial charge in [-0.1, -0.05) is 6.92 Å². The number of amides is 2. The van der Waals surface area contributed by atoms with Gasteiger partial charge in [0.2, 0.25) is 11.8 Å². The highest BCUT2D eigenvalue weighted by molar-refractivity contribution is 5.89. The molecule has 2 amide bonds. The minimum Gasteiger partial charge on any atom is -0.339 e. The maximum absolute atomic E-state index is 12.8. The van der Waals surface area contributed by atoms with E-state index in [-0.39, 0.29) is 36.2 Å². The van der Waals surface area contributed by atoms with Crippen LogP contribution in [0.3, 0.4) is 0 Å². The van der Waals surface area contributed by atoms with E-state index in [1.165, 1.54) is 12.8 Å². The molecule has 23 heavy (non-hydrogen) atoms. The van der Waals surface area contributed by atoms with Crippen molar-refractivity contribution in [2.75, 3.05) is 26.2 Å². The summed E-state index contributed by atoms with van der Waals surface area (Å²) in [6.07, 6.45) is 5.06. The van der Waals surface area contributed by atoms with E-state index in [9.17, 15) is 9.59 Å². The highest BCUT2D eigenvalue weighted by Gasteiger charge is 2.41. The minimum atomic E-state index is -0.118. The molecule has 132 valence electrons. The Kier molecular flexibility index (Phi) is 6.32. The lowest BCUT2D eigenvalue weighted by atomic mass is 9.86. The quantitative estimate of drug-likeness (QED) is 0.829. The first-order chi connectivity index (χ1) is 10.6. The molecule has 2 heterocycles. The van der Waals surface area contributed by atoms with Gasteiger partial charge in [0.1, 0.15) is 0 Å². The van der Waals surface area contributed by atoms with Crippen molar-refractivity contribution in [1.29, 1.82) is 0 Å². The number of likely N-dealkylation sites (tertiary alicyclic amines) is 1. The molecule has 1 saturated carbocycles. The molecule has 2 saturated heterocycles. The van der Waals surface area contributed by atoms with E-state index in [1.807, 2.05) is 9.80 Å². The third-order valence-electron chi connectivity index (χ3n) is 5.72. The largest absolute Gasteiger partial charge is 0.339 e. The number of nitrogens with one attached hydrogen (secondary N) is 1. The van der Waals surface area contributed by atoms with Gasteiger partial charge in [-0.3, -0.25) is 9.59 Å². The smallest absolute Gasteiger partial charge is 0.228 e. The zero-order chi connectivity index (χ0) is 15.7. The lowest BCUT2D eigenvalue weighted by Crippen LogP contribution is -2.54. The van der Waals surface area contributed by atoms with Crippen molar-refractivity contribution in [3.8, 4) is 0 Å². The van der Waals surface area contributed by atoms with E-state index < -0.39 is 0 Å². The van der Waals surface area contributed by atoms with Crippen LogP contribution >= 0.6 is 12.4 Å². The van der Waals surface area contributed by atoms with E-state index in [0.29, 0.717) is 19.0 Å². The molecule has 1 N–H and O–H groups in total. The van der Waals surface area contributed by atoms with Crippen LogP contribution in [0, 0.1) is 11.8 Å². The Bertz CT molecular complexity index is 438. The molecule has 2 aliphatic heterocycles. The van der Waals surface area contributed by atoms with Crippen molar-refractivity contribution >= 4 is 24.2 Å². The van der Waals surface area contributed by atoms with Crippen LogP contribution in [0.4, 0.5) is 0 Å². The Labute approximate surface area is 145 Å². The summed E-state index contributed by atoms with van der Waals surface area (Å²) < 4.78 is 0. The average Bonchev–Trinajstić information content (AvgIpc) is 2.90. The summed E-state index contributed by atoms with van der Waals surface area (Å²) >= 11 is 0. The Balaban J connectivity index is 0.00000192. The van der Waals surface area contributed by atoms with Gasteiger partial charge in [0, 0.05) is 44.7 Å². The standard InChI is InChI=1S/C17H29N3O2.ClH/c1-12-3-5-15(6-4-12)20-11-14(9-16(20)21)17(22)19-8-7-18-10-13(19)2;/h12-15,18H,3-11H2,1-2H3;1H. The maximum Gasteiger partial charge on any atom is 0.228 e. The van der Waals surface area contributed by atoms with Gasteiger partial charge >= 0.3 is 0 Å². The zero-order valence-electron chi connectivity index (χ0n) is 14.3. The Hall–Kier alpha value is -0.810. The second kappa shape index (κ2) is 7.84. The topological polar surface area (TPSA) is 52.7 Å². The monoisotopic (exact) mass is 343 g/mol. The van der Waals surface area contributed by atoms with Gasteiger partial charge < -0.3 is 15.1 Å². The first kappa shape index (κ1) is 18.5. The first-order valence-corrected chi connectivity index (χ1v) is 8.87. The molecule has 1 aliphatic carbocycles. The van der Waals surface area contributed by atoms with Crippen LogP contribution in [-0.2, 0) is 9.59 Å². The summed E-state index contributed by atoms with van der Waals surface area (Å²) in [5.74, 6) is 1.05. The van der Waals surface area contributed by atoms with Gasteiger partial charge in [0.05, 0.1) is 5.92 Å². The van der Waals surface area contributed by atoms with Crippen LogP contribution in [0.2, 0.25) is 0 Å². The van der Waals surface area contributed by atoms with E-state index in [0.717, 1.165) is 38.4 Å². The number of hydrogen-bond donors (Lipinski definition) is 1. The number of rotatable bonds is 2. The molecule has 6 heteroatoms. The summed E-state index contributed by atoms with van der Waals surface area (Å²) in [7, 11) is 0. The predicted octanol–water partition coefficient (Wildman–Crippen LogP) is 1.66. The van der Waals surface area contributed by atoms with Gasteiger partial charge in [-0.15, -0.1) is 12.4 Å². The highest BCUT2D eigenvalue weighted by Crippen LogP contribution is 2.32. The maximum atomic E-state index is 12.8. The first-order valence-electron chi connectivity index (χ1n) is 8.87. The Morgan fingerprint density at radius 1 is 1.17 bits per heavy atom. The summed E-state index contributed by atoms with van der Waals surface area (Å²) in [5.41, 5.74) is 0. The van der Waals surface area contributed by atoms with Crippen molar-refractivity contribution in [1.82, 2.24) is 15.1 Å². The number of piperazine rings is 1. The van der Waals surface area contributed by atoms with Crippen LogP contribution in [0.15, 0.2) is 0 Å². The molecule has 5 nitrogen and oxygen atoms in total. The predicted molar refractivity (Wildman–Crippen MR) is 92.5 cm³/mol. The van der Waals surface area contributed by atoms with Crippen molar-refractivity contribution < 1.29 is 9.59 Å². The number of hydrogen-bond acceptors (Lipinski definition) is 3. The summed E-state index contributed by atoms with van der Waals surface area (Å²) in [6.45, 7) is 7.51. The molecule has 0 aromatic carbocycles. The molecule has 0 spiro atoms. The van der Waals surface area contributed by atoms with E-state index in [2.05, 4.69) is 19.2 Å². The van der Waals surface area contributed by atoms with Gasteiger partial charge in [0.25, 0.3) is 0 Å². The van der Waals surface area contributed by atoms with Crippen LogP contribution in [0.25, 0.3) is 0 Å². The molecule has 3 fully saturated rings. The lowest BCUT2D eigenvalue weighted by Gasteiger charge is -2.36. The van der Waals surface area contributed by atoms with Crippen molar-refractivity contribution in [3.63, 3.8) is 0 Å². The summed E-state index contributed by atoms with van der Waals surface area (Å²) in [5, 5.41) is 3.31. The molecular weight excluding hydrogens is 314 g/mol. The number of carbonyl (C=O) groups excluding carboxylic acids is 2. The van der Waals surface area contributed by atoms with Crippen LogP contribution in [-0.4, -0.2) is 59.9 Å². The molecular formula is C17H30ClN3O2. The van der Waals surface area contributed by atoms with Crippen LogP contribution in [0.1, 0.15) is 46.0 Å². The van der Waals surface area contributed by atoms with E-state index in [1.54, 1.807) is 0 Å². The Morgan fingerprint density at radius 2 is 1.87 bits per heavy atom. The number of halogens is 1. The fourth-order valence-corrected chi connectivity index (χ4v) is 4.21. The lowest BCUT2D eigenvalue weighted by molar-refractivity contribution is -0.138. The molecule has 2 atom stereocenters. The van der Waals surface area contributed by atoms with E-state index >= 15 is 0 Å². The zero-order valence-corrected chi connectivity index (χ0v) is 15.1. The molecule has 2 unspecified atom stereocenters. The molecule has 3 rings (SSSR count). The number of carbonyl (C=O) groups is 2. The normalized spacial score (nSPS) is 35.1. The summed E-state index contributed by atoms with van der Waals surface area (Å²) in [4.78, 5) is 29.1.